The highest BCUT2D eigenvalue weighted by molar-refractivity contribution is 9.10. The minimum absolute atomic E-state index is 0.260. The molecule has 0 aliphatic heterocycles. The van der Waals surface area contributed by atoms with Gasteiger partial charge in [0, 0.05) is 16.2 Å². The van der Waals surface area contributed by atoms with Crippen molar-refractivity contribution in [2.45, 2.75) is 38.5 Å². The standard InChI is InChI=1S/C18H24O5.C6H6BrN/c1-2-17(19)23-14-8-6-4-3-5-7-13-22-16-11-9-15(10-12-16)18(20)21;7-5-1-3-6(8)4-2-5/h2,9-12H,1,3-8,13-14H2,(H,20,21);1-4H,8H2. The highest BCUT2D eigenvalue weighted by Gasteiger charge is 2.02. The first-order valence-corrected chi connectivity index (χ1v) is 11.0. The molecule has 2 aromatic carbocycles. The van der Waals surface area contributed by atoms with Crippen LogP contribution in [0.4, 0.5) is 5.69 Å². The van der Waals surface area contributed by atoms with Crippen molar-refractivity contribution in [2.24, 2.45) is 0 Å². The summed E-state index contributed by atoms with van der Waals surface area (Å²) in [6.07, 6.45) is 7.38. The number of esters is 1. The van der Waals surface area contributed by atoms with Gasteiger partial charge in [-0.05, 0) is 61.4 Å². The fraction of sp³-hybridized carbons (Fsp3) is 0.333. The van der Waals surface area contributed by atoms with Gasteiger partial charge in [0.25, 0.3) is 0 Å². The second-order valence-electron chi connectivity index (χ2n) is 6.72. The zero-order valence-corrected chi connectivity index (χ0v) is 19.2. The number of benzene rings is 2. The summed E-state index contributed by atoms with van der Waals surface area (Å²) < 4.78 is 11.5. The van der Waals surface area contributed by atoms with E-state index in [1.165, 1.54) is 18.2 Å². The van der Waals surface area contributed by atoms with Gasteiger partial charge in [0.15, 0.2) is 0 Å². The van der Waals surface area contributed by atoms with Gasteiger partial charge in [-0.2, -0.15) is 0 Å². The summed E-state index contributed by atoms with van der Waals surface area (Å²) in [6, 6.07) is 14.0. The van der Waals surface area contributed by atoms with Gasteiger partial charge in [0.05, 0.1) is 18.8 Å². The second-order valence-corrected chi connectivity index (χ2v) is 7.64. The Balaban J connectivity index is 0.000000500. The molecule has 168 valence electrons. The van der Waals surface area contributed by atoms with E-state index in [9.17, 15) is 9.59 Å². The first-order chi connectivity index (χ1) is 14.9. The van der Waals surface area contributed by atoms with Crippen LogP contribution in [0.2, 0.25) is 0 Å². The number of carbonyl (C=O) groups is 2. The number of rotatable bonds is 12. The molecular formula is C24H30BrNO5. The number of aromatic carboxylic acids is 1. The maximum absolute atomic E-state index is 10.8. The Morgan fingerprint density at radius 2 is 1.45 bits per heavy atom. The fourth-order valence-corrected chi connectivity index (χ4v) is 2.75. The summed E-state index contributed by atoms with van der Waals surface area (Å²) in [6.45, 7) is 4.43. The molecule has 0 heterocycles. The molecule has 31 heavy (non-hydrogen) atoms. The molecule has 2 rings (SSSR count). The Kier molecular flexibility index (Phi) is 13.5. The zero-order valence-electron chi connectivity index (χ0n) is 17.6. The second kappa shape index (κ2) is 16.0. The molecule has 0 amide bonds. The van der Waals surface area contributed by atoms with Crippen molar-refractivity contribution in [3.05, 3.63) is 71.2 Å². The summed E-state index contributed by atoms with van der Waals surface area (Å²) in [5.74, 6) is -0.603. The number of hydrogen-bond donors (Lipinski definition) is 2. The largest absolute Gasteiger partial charge is 0.494 e. The van der Waals surface area contributed by atoms with Crippen LogP contribution in [0.15, 0.2) is 65.7 Å². The number of carboxylic acid groups (broad SMARTS) is 1. The maximum atomic E-state index is 10.8. The third-order valence-electron chi connectivity index (χ3n) is 4.19. The van der Waals surface area contributed by atoms with Crippen molar-refractivity contribution < 1.29 is 24.2 Å². The SMILES string of the molecule is C=CC(=O)OCCCCCCCCOc1ccc(C(=O)O)cc1.Nc1ccc(Br)cc1. The third kappa shape index (κ3) is 13.2. The van der Waals surface area contributed by atoms with Crippen molar-refractivity contribution in [3.8, 4) is 5.75 Å². The number of nitrogens with two attached hydrogens (primary N) is 1. The topological polar surface area (TPSA) is 98.8 Å². The molecule has 0 unspecified atom stereocenters. The molecule has 0 saturated carbocycles. The summed E-state index contributed by atoms with van der Waals surface area (Å²) >= 11 is 3.29. The number of halogens is 1. The molecule has 0 aliphatic carbocycles. The summed E-state index contributed by atoms with van der Waals surface area (Å²) in [4.78, 5) is 21.5. The molecular weight excluding hydrogens is 462 g/mol. The van der Waals surface area contributed by atoms with Crippen LogP contribution < -0.4 is 10.5 Å². The van der Waals surface area contributed by atoms with E-state index >= 15 is 0 Å². The van der Waals surface area contributed by atoms with Crippen LogP contribution in [-0.4, -0.2) is 30.3 Å². The summed E-state index contributed by atoms with van der Waals surface area (Å²) in [7, 11) is 0. The fourth-order valence-electron chi connectivity index (χ4n) is 2.49. The lowest BCUT2D eigenvalue weighted by Gasteiger charge is -2.06. The van der Waals surface area contributed by atoms with Gasteiger partial charge >= 0.3 is 11.9 Å². The quantitative estimate of drug-likeness (QED) is 0.167. The van der Waals surface area contributed by atoms with Crippen LogP contribution in [-0.2, 0) is 9.53 Å². The van der Waals surface area contributed by atoms with E-state index in [0.29, 0.717) is 19.0 Å². The number of unbranched alkanes of at least 4 members (excludes halogenated alkanes) is 5. The number of carboxylic acids is 1. The third-order valence-corrected chi connectivity index (χ3v) is 4.72. The monoisotopic (exact) mass is 491 g/mol. The first-order valence-electron chi connectivity index (χ1n) is 10.2. The van der Waals surface area contributed by atoms with Crippen LogP contribution >= 0.6 is 15.9 Å². The molecule has 3 N–H and O–H groups in total. The zero-order chi connectivity index (χ0) is 22.9. The first kappa shape index (κ1) is 26.2. The van der Waals surface area contributed by atoms with Crippen LogP contribution in [0.1, 0.15) is 48.9 Å². The van der Waals surface area contributed by atoms with E-state index in [4.69, 9.17) is 20.3 Å². The van der Waals surface area contributed by atoms with Gasteiger partial charge in [-0.15, -0.1) is 0 Å². The van der Waals surface area contributed by atoms with Crippen LogP contribution in [0.5, 0.6) is 5.75 Å². The molecule has 0 aromatic heterocycles. The Labute approximate surface area is 192 Å². The molecule has 0 spiro atoms. The number of ether oxygens (including phenoxy) is 2. The van der Waals surface area contributed by atoms with Gasteiger partial charge in [0.2, 0.25) is 0 Å². The summed E-state index contributed by atoms with van der Waals surface area (Å²) in [5, 5.41) is 8.80. The van der Waals surface area contributed by atoms with Crippen molar-refractivity contribution in [3.63, 3.8) is 0 Å². The maximum Gasteiger partial charge on any atom is 0.335 e. The van der Waals surface area contributed by atoms with E-state index in [-0.39, 0.29) is 11.5 Å². The molecule has 7 heteroatoms. The van der Waals surface area contributed by atoms with Crippen molar-refractivity contribution >= 4 is 33.6 Å². The lowest BCUT2D eigenvalue weighted by Crippen LogP contribution is -2.01. The molecule has 0 radical (unpaired) electrons. The lowest BCUT2D eigenvalue weighted by molar-refractivity contribution is -0.137. The highest BCUT2D eigenvalue weighted by Crippen LogP contribution is 2.13. The van der Waals surface area contributed by atoms with Crippen LogP contribution in [0.25, 0.3) is 0 Å². The predicted molar refractivity (Wildman–Crippen MR) is 126 cm³/mol. The average Bonchev–Trinajstić information content (AvgIpc) is 2.77. The normalized spacial score (nSPS) is 9.84. The number of anilines is 1. The molecule has 0 atom stereocenters. The Morgan fingerprint density at radius 3 is 1.97 bits per heavy atom. The molecule has 6 nitrogen and oxygen atoms in total. The average molecular weight is 492 g/mol. The number of nitrogen functional groups attached to an aromatic ring is 1. The van der Waals surface area contributed by atoms with E-state index in [1.54, 1.807) is 12.1 Å². The highest BCUT2D eigenvalue weighted by atomic mass is 79.9. The molecule has 0 bridgehead atoms. The van der Waals surface area contributed by atoms with E-state index < -0.39 is 5.97 Å². The summed E-state index contributed by atoms with van der Waals surface area (Å²) in [5.41, 5.74) is 6.47. The van der Waals surface area contributed by atoms with Gasteiger partial charge in [-0.3, -0.25) is 0 Å². The van der Waals surface area contributed by atoms with Gasteiger partial charge in [-0.25, -0.2) is 9.59 Å². The van der Waals surface area contributed by atoms with Crippen molar-refractivity contribution in [1.29, 1.82) is 0 Å². The molecule has 0 fully saturated rings. The minimum Gasteiger partial charge on any atom is -0.494 e. The van der Waals surface area contributed by atoms with Crippen molar-refractivity contribution in [2.75, 3.05) is 18.9 Å². The van der Waals surface area contributed by atoms with Gasteiger partial charge in [-0.1, -0.05) is 48.2 Å². The minimum atomic E-state index is -0.934. The number of hydrogen-bond acceptors (Lipinski definition) is 5. The Hall–Kier alpha value is -2.80. The number of carbonyl (C=O) groups excluding carboxylic acids is 1. The van der Waals surface area contributed by atoms with Crippen molar-refractivity contribution in [1.82, 2.24) is 0 Å². The van der Waals surface area contributed by atoms with E-state index in [0.717, 1.165) is 48.7 Å². The van der Waals surface area contributed by atoms with Gasteiger partial charge < -0.3 is 20.3 Å². The van der Waals surface area contributed by atoms with E-state index in [2.05, 4.69) is 22.5 Å². The predicted octanol–water partition coefficient (Wildman–Crippen LogP) is 5.86. The molecule has 0 saturated heterocycles. The van der Waals surface area contributed by atoms with Crippen LogP contribution in [0.3, 0.4) is 0 Å². The molecule has 2 aromatic rings. The lowest BCUT2D eigenvalue weighted by atomic mass is 10.1. The van der Waals surface area contributed by atoms with E-state index in [1.807, 2.05) is 24.3 Å². The Morgan fingerprint density at radius 1 is 0.903 bits per heavy atom. The van der Waals surface area contributed by atoms with Gasteiger partial charge in [0.1, 0.15) is 5.75 Å². The molecule has 0 aliphatic rings. The Bertz CT molecular complexity index is 770. The van der Waals surface area contributed by atoms with Crippen LogP contribution in [0, 0.1) is 0 Å². The smallest absolute Gasteiger partial charge is 0.335 e.